The van der Waals surface area contributed by atoms with Gasteiger partial charge in [0.25, 0.3) is 0 Å². The molecule has 0 radical (unpaired) electrons. The summed E-state index contributed by atoms with van der Waals surface area (Å²) in [4.78, 5) is 4.65. The highest BCUT2D eigenvalue weighted by Crippen LogP contribution is 2.17. The highest BCUT2D eigenvalue weighted by Gasteiger charge is 2.12. The van der Waals surface area contributed by atoms with Gasteiger partial charge in [0, 0.05) is 6.21 Å². The van der Waals surface area contributed by atoms with Gasteiger partial charge in [-0.2, -0.15) is 0 Å². The van der Waals surface area contributed by atoms with E-state index in [4.69, 9.17) is 0 Å². The lowest BCUT2D eigenvalue weighted by Crippen LogP contribution is -2.15. The summed E-state index contributed by atoms with van der Waals surface area (Å²) in [5.74, 6) is 1.80. The van der Waals surface area contributed by atoms with Crippen LogP contribution in [0.4, 0.5) is 0 Å². The van der Waals surface area contributed by atoms with Gasteiger partial charge in [0.05, 0.1) is 6.04 Å². The Hall–Kier alpha value is -0.590. The summed E-state index contributed by atoms with van der Waals surface area (Å²) in [7, 11) is 0. The topological polar surface area (TPSA) is 12.4 Å². The van der Waals surface area contributed by atoms with E-state index in [1.54, 1.807) is 0 Å². The van der Waals surface area contributed by atoms with Crippen molar-refractivity contribution in [2.24, 2.45) is 22.7 Å². The van der Waals surface area contributed by atoms with E-state index in [9.17, 15) is 0 Å². The van der Waals surface area contributed by atoms with E-state index < -0.39 is 0 Å². The van der Waals surface area contributed by atoms with Crippen molar-refractivity contribution in [3.63, 3.8) is 0 Å². The highest BCUT2D eigenvalue weighted by molar-refractivity contribution is 5.60. The molecule has 0 fully saturated rings. The Morgan fingerprint density at radius 2 is 1.60 bits per heavy atom. The fourth-order valence-electron chi connectivity index (χ4n) is 1.22. The molecule has 0 bridgehead atoms. The number of rotatable bonds is 5. The van der Waals surface area contributed by atoms with E-state index >= 15 is 0 Å². The minimum absolute atomic E-state index is 0.391. The average Bonchev–Trinajstić information content (AvgIpc) is 2.22. The Kier molecular flexibility index (Phi) is 6.55. The van der Waals surface area contributed by atoms with Crippen molar-refractivity contribution in [1.29, 1.82) is 0 Å². The maximum absolute atomic E-state index is 4.65. The van der Waals surface area contributed by atoms with Gasteiger partial charge >= 0.3 is 0 Å². The van der Waals surface area contributed by atoms with Crippen LogP contribution in [0.2, 0.25) is 0 Å². The van der Waals surface area contributed by atoms with Gasteiger partial charge in [-0.3, -0.25) is 4.99 Å². The minimum atomic E-state index is 0.391. The second-order valence-corrected chi connectivity index (χ2v) is 4.96. The second-order valence-electron chi connectivity index (χ2n) is 4.96. The molecule has 88 valence electrons. The predicted molar refractivity (Wildman–Crippen MR) is 70.6 cm³/mol. The first-order valence-corrected chi connectivity index (χ1v) is 6.06. The summed E-state index contributed by atoms with van der Waals surface area (Å²) in [6.45, 7) is 15.4. The zero-order valence-corrected chi connectivity index (χ0v) is 11.4. The lowest BCUT2D eigenvalue weighted by molar-refractivity contribution is 0.522. The van der Waals surface area contributed by atoms with E-state index in [-0.39, 0.29) is 0 Å². The third kappa shape index (κ3) is 5.15. The van der Waals surface area contributed by atoms with Gasteiger partial charge in [0.2, 0.25) is 0 Å². The van der Waals surface area contributed by atoms with E-state index in [1.807, 2.05) is 0 Å². The molecule has 0 aliphatic heterocycles. The van der Waals surface area contributed by atoms with Gasteiger partial charge in [0.1, 0.15) is 0 Å². The largest absolute Gasteiger partial charge is 0.294 e. The Bertz CT molecular complexity index is 225. The summed E-state index contributed by atoms with van der Waals surface area (Å²) in [6.07, 6.45) is 4.30. The molecule has 0 aromatic rings. The zero-order valence-electron chi connectivity index (χ0n) is 11.4. The molecule has 1 nitrogen and oxygen atoms in total. The van der Waals surface area contributed by atoms with Crippen molar-refractivity contribution in [1.82, 2.24) is 0 Å². The second kappa shape index (κ2) is 6.81. The van der Waals surface area contributed by atoms with Crippen LogP contribution in [0, 0.1) is 17.8 Å². The molecular formula is C14H27N. The van der Waals surface area contributed by atoms with Crippen LogP contribution in [0.1, 0.15) is 48.5 Å². The van der Waals surface area contributed by atoms with Crippen LogP contribution >= 0.6 is 0 Å². The van der Waals surface area contributed by atoms with Crippen molar-refractivity contribution >= 4 is 6.21 Å². The van der Waals surface area contributed by atoms with Crippen LogP contribution in [0.15, 0.2) is 16.6 Å². The van der Waals surface area contributed by atoms with Crippen molar-refractivity contribution in [3.8, 4) is 0 Å². The maximum Gasteiger partial charge on any atom is 0.0530 e. The molecular weight excluding hydrogens is 182 g/mol. The molecule has 0 aliphatic carbocycles. The van der Waals surface area contributed by atoms with Crippen molar-refractivity contribution in [2.45, 2.75) is 54.5 Å². The summed E-state index contributed by atoms with van der Waals surface area (Å²) >= 11 is 0. The molecule has 0 aromatic carbocycles. The first-order chi connectivity index (χ1) is 6.90. The van der Waals surface area contributed by atoms with Crippen LogP contribution in [-0.4, -0.2) is 12.3 Å². The molecule has 0 amide bonds. The lowest BCUT2D eigenvalue weighted by atomic mass is 9.95. The van der Waals surface area contributed by atoms with E-state index in [1.165, 1.54) is 5.57 Å². The Morgan fingerprint density at radius 1 is 1.07 bits per heavy atom. The van der Waals surface area contributed by atoms with E-state index in [0.717, 1.165) is 0 Å². The van der Waals surface area contributed by atoms with Gasteiger partial charge in [-0.05, 0) is 38.5 Å². The van der Waals surface area contributed by atoms with E-state index in [0.29, 0.717) is 23.8 Å². The van der Waals surface area contributed by atoms with Gasteiger partial charge in [-0.15, -0.1) is 0 Å². The van der Waals surface area contributed by atoms with Crippen molar-refractivity contribution < 1.29 is 0 Å². The van der Waals surface area contributed by atoms with E-state index in [2.05, 4.69) is 65.7 Å². The number of hydrogen-bond donors (Lipinski definition) is 0. The molecule has 3 unspecified atom stereocenters. The smallest absolute Gasteiger partial charge is 0.0530 e. The Morgan fingerprint density at radius 3 is 2.00 bits per heavy atom. The number of aliphatic imine (C=N–C) groups is 1. The quantitative estimate of drug-likeness (QED) is 0.472. The summed E-state index contributed by atoms with van der Waals surface area (Å²) in [5, 5.41) is 0. The van der Waals surface area contributed by atoms with Crippen LogP contribution in [0.25, 0.3) is 0 Å². The minimum Gasteiger partial charge on any atom is -0.294 e. The third-order valence-electron chi connectivity index (χ3n) is 3.51. The molecule has 0 rings (SSSR count). The molecule has 3 atom stereocenters. The van der Waals surface area contributed by atoms with Crippen LogP contribution in [0.3, 0.4) is 0 Å². The summed E-state index contributed by atoms with van der Waals surface area (Å²) in [6, 6.07) is 0.391. The molecule has 0 saturated carbocycles. The normalized spacial score (nSPS) is 19.6. The molecule has 0 aromatic heterocycles. The van der Waals surface area contributed by atoms with Gasteiger partial charge in [-0.25, -0.2) is 0 Å². The summed E-state index contributed by atoms with van der Waals surface area (Å²) < 4.78 is 0. The third-order valence-corrected chi connectivity index (χ3v) is 3.51. The fraction of sp³-hybridized carbons (Fsp3) is 0.786. The van der Waals surface area contributed by atoms with Crippen molar-refractivity contribution in [2.75, 3.05) is 0 Å². The number of allylic oxidation sites excluding steroid dienone is 1. The zero-order chi connectivity index (χ0) is 12.0. The Labute approximate surface area is 95.7 Å². The molecule has 0 N–H and O–H groups in total. The monoisotopic (exact) mass is 209 g/mol. The molecule has 0 spiro atoms. The van der Waals surface area contributed by atoms with Gasteiger partial charge < -0.3 is 0 Å². The standard InChI is InChI=1S/C14H27N/c1-8-11(4)13(6)14(7)15-9-12(5)10(2)3/h8-10,12-14H,1-7H3/b11-8+,15-9+. The molecule has 1 heteroatoms. The lowest BCUT2D eigenvalue weighted by Gasteiger charge is -2.18. The molecule has 0 saturated heterocycles. The van der Waals surface area contributed by atoms with Crippen LogP contribution < -0.4 is 0 Å². The molecule has 0 aliphatic rings. The van der Waals surface area contributed by atoms with Gasteiger partial charge in [-0.1, -0.05) is 39.3 Å². The highest BCUT2D eigenvalue weighted by atomic mass is 14.8. The number of nitrogens with zero attached hydrogens (tertiary/aromatic N) is 1. The van der Waals surface area contributed by atoms with Crippen molar-refractivity contribution in [3.05, 3.63) is 11.6 Å². The SMILES string of the molecule is C/C=C(\C)C(C)C(C)/N=C/C(C)C(C)C. The summed E-state index contributed by atoms with van der Waals surface area (Å²) in [5.41, 5.74) is 1.43. The number of hydrogen-bond acceptors (Lipinski definition) is 1. The fourth-order valence-corrected chi connectivity index (χ4v) is 1.22. The average molecular weight is 209 g/mol. The predicted octanol–water partition coefficient (Wildman–Crippen LogP) is 4.34. The molecule has 0 heterocycles. The first-order valence-electron chi connectivity index (χ1n) is 6.06. The maximum atomic E-state index is 4.65. The Balaban J connectivity index is 4.30. The van der Waals surface area contributed by atoms with Crippen LogP contribution in [-0.2, 0) is 0 Å². The first kappa shape index (κ1) is 14.4. The molecule has 15 heavy (non-hydrogen) atoms. The van der Waals surface area contributed by atoms with Gasteiger partial charge in [0.15, 0.2) is 0 Å². The van der Waals surface area contributed by atoms with Crippen LogP contribution in [0.5, 0.6) is 0 Å².